The molecule has 0 N–H and O–H groups in total. The molecule has 3 aromatic carbocycles. The van der Waals surface area contributed by atoms with E-state index in [4.69, 9.17) is 9.47 Å². The van der Waals surface area contributed by atoms with Gasteiger partial charge in [-0.05, 0) is 42.7 Å². The van der Waals surface area contributed by atoms with Crippen molar-refractivity contribution in [3.63, 3.8) is 0 Å². The minimum atomic E-state index is -0.114. The summed E-state index contributed by atoms with van der Waals surface area (Å²) in [6.45, 7) is 2.47. The van der Waals surface area contributed by atoms with E-state index >= 15 is 0 Å². The first-order chi connectivity index (χ1) is 15.1. The van der Waals surface area contributed by atoms with E-state index in [9.17, 15) is 9.59 Å². The van der Waals surface area contributed by atoms with Crippen LogP contribution in [0, 0.1) is 0 Å². The van der Waals surface area contributed by atoms with Crippen LogP contribution in [0.5, 0.6) is 11.5 Å². The van der Waals surface area contributed by atoms with Crippen molar-refractivity contribution in [2.75, 3.05) is 20.3 Å². The molecule has 5 nitrogen and oxygen atoms in total. The van der Waals surface area contributed by atoms with Crippen LogP contribution in [0.3, 0.4) is 0 Å². The lowest BCUT2D eigenvalue weighted by Gasteiger charge is -2.23. The highest BCUT2D eigenvalue weighted by atomic mass is 16.5. The molecule has 3 aromatic rings. The van der Waals surface area contributed by atoms with Crippen molar-refractivity contribution in [2.45, 2.75) is 19.9 Å². The zero-order valence-electron chi connectivity index (χ0n) is 17.9. The van der Waals surface area contributed by atoms with E-state index in [0.29, 0.717) is 30.2 Å². The van der Waals surface area contributed by atoms with Gasteiger partial charge in [-0.2, -0.15) is 0 Å². The van der Waals surface area contributed by atoms with E-state index in [1.165, 1.54) is 19.6 Å². The van der Waals surface area contributed by atoms with Crippen LogP contribution in [0.25, 0.3) is 0 Å². The summed E-state index contributed by atoms with van der Waals surface area (Å²) in [4.78, 5) is 26.4. The highest BCUT2D eigenvalue weighted by molar-refractivity contribution is 5.94. The Morgan fingerprint density at radius 1 is 0.839 bits per heavy atom. The summed E-state index contributed by atoms with van der Waals surface area (Å²) in [7, 11) is 1.51. The predicted octanol–water partition coefficient (Wildman–Crippen LogP) is 4.55. The lowest BCUT2D eigenvalue weighted by Crippen LogP contribution is -2.36. The van der Waals surface area contributed by atoms with E-state index in [2.05, 4.69) is 12.1 Å². The van der Waals surface area contributed by atoms with Crippen molar-refractivity contribution in [3.8, 4) is 11.5 Å². The summed E-state index contributed by atoms with van der Waals surface area (Å²) in [5, 5.41) is 0. The SMILES string of the molecule is COc1cc(C(C)=O)ccc1OCC(=O)N(CCc1ccccc1)Cc1ccccc1. The second kappa shape index (κ2) is 11.0. The summed E-state index contributed by atoms with van der Waals surface area (Å²) < 4.78 is 11.1. The van der Waals surface area contributed by atoms with Gasteiger partial charge < -0.3 is 14.4 Å². The monoisotopic (exact) mass is 417 g/mol. The lowest BCUT2D eigenvalue weighted by molar-refractivity contribution is -0.134. The molecule has 0 aliphatic rings. The Hall–Kier alpha value is -3.60. The van der Waals surface area contributed by atoms with E-state index < -0.39 is 0 Å². The summed E-state index contributed by atoms with van der Waals surface area (Å²) >= 11 is 0. The number of ether oxygens (including phenoxy) is 2. The molecule has 0 aliphatic heterocycles. The molecular weight excluding hydrogens is 390 g/mol. The fourth-order valence-electron chi connectivity index (χ4n) is 3.24. The number of Topliss-reactive ketones (excluding diaryl/α,β-unsaturated/α-hetero) is 1. The Kier molecular flexibility index (Phi) is 7.82. The molecule has 0 unspecified atom stereocenters. The smallest absolute Gasteiger partial charge is 0.260 e. The molecule has 0 heterocycles. The summed E-state index contributed by atoms with van der Waals surface area (Å²) in [5.41, 5.74) is 2.77. The molecule has 0 saturated heterocycles. The first-order valence-electron chi connectivity index (χ1n) is 10.2. The quantitative estimate of drug-likeness (QED) is 0.454. The van der Waals surface area contributed by atoms with E-state index in [0.717, 1.165) is 12.0 Å². The van der Waals surface area contributed by atoms with Crippen LogP contribution in [0.15, 0.2) is 78.9 Å². The number of nitrogens with zero attached hydrogens (tertiary/aromatic N) is 1. The van der Waals surface area contributed by atoms with Gasteiger partial charge in [-0.15, -0.1) is 0 Å². The van der Waals surface area contributed by atoms with Crippen LogP contribution < -0.4 is 9.47 Å². The van der Waals surface area contributed by atoms with Gasteiger partial charge in [-0.25, -0.2) is 0 Å². The third-order valence-corrected chi connectivity index (χ3v) is 5.00. The van der Waals surface area contributed by atoms with Crippen LogP contribution in [-0.4, -0.2) is 36.9 Å². The van der Waals surface area contributed by atoms with Gasteiger partial charge >= 0.3 is 0 Å². The van der Waals surface area contributed by atoms with Crippen LogP contribution in [0.4, 0.5) is 0 Å². The molecule has 160 valence electrons. The minimum absolute atomic E-state index is 0.0594. The maximum atomic E-state index is 13.0. The Morgan fingerprint density at radius 2 is 1.48 bits per heavy atom. The average Bonchev–Trinajstić information content (AvgIpc) is 2.81. The fraction of sp³-hybridized carbons (Fsp3) is 0.231. The van der Waals surface area contributed by atoms with Crippen molar-refractivity contribution < 1.29 is 19.1 Å². The largest absolute Gasteiger partial charge is 0.493 e. The van der Waals surface area contributed by atoms with Crippen molar-refractivity contribution in [1.82, 2.24) is 4.90 Å². The number of amides is 1. The highest BCUT2D eigenvalue weighted by Gasteiger charge is 2.17. The standard InChI is InChI=1S/C26H27NO4/c1-20(28)23-13-14-24(25(17-23)30-2)31-19-26(29)27(18-22-11-7-4-8-12-22)16-15-21-9-5-3-6-10-21/h3-14,17H,15-16,18-19H2,1-2H3. The normalized spacial score (nSPS) is 10.4. The van der Waals surface area contributed by atoms with Gasteiger partial charge in [-0.3, -0.25) is 9.59 Å². The summed E-state index contributed by atoms with van der Waals surface area (Å²) in [5.74, 6) is 0.691. The van der Waals surface area contributed by atoms with Gasteiger partial charge in [0.2, 0.25) is 0 Å². The molecule has 0 saturated carbocycles. The third kappa shape index (κ3) is 6.44. The van der Waals surface area contributed by atoms with Crippen molar-refractivity contribution in [1.29, 1.82) is 0 Å². The molecule has 0 atom stereocenters. The van der Waals surface area contributed by atoms with E-state index in [1.807, 2.05) is 48.5 Å². The molecular formula is C26H27NO4. The van der Waals surface area contributed by atoms with E-state index in [-0.39, 0.29) is 18.3 Å². The van der Waals surface area contributed by atoms with Gasteiger partial charge in [0.05, 0.1) is 7.11 Å². The number of ketones is 1. The maximum absolute atomic E-state index is 13.0. The van der Waals surface area contributed by atoms with Gasteiger partial charge in [-0.1, -0.05) is 60.7 Å². The second-order valence-corrected chi connectivity index (χ2v) is 7.25. The van der Waals surface area contributed by atoms with Gasteiger partial charge in [0.15, 0.2) is 23.9 Å². The van der Waals surface area contributed by atoms with Crippen LogP contribution in [-0.2, 0) is 17.8 Å². The summed E-state index contributed by atoms with van der Waals surface area (Å²) in [6, 6.07) is 25.0. The molecule has 5 heteroatoms. The number of rotatable bonds is 10. The van der Waals surface area contributed by atoms with Gasteiger partial charge in [0, 0.05) is 18.7 Å². The zero-order chi connectivity index (χ0) is 22.1. The molecule has 0 bridgehead atoms. The number of hydrogen-bond donors (Lipinski definition) is 0. The average molecular weight is 418 g/mol. The molecule has 1 amide bonds. The summed E-state index contributed by atoms with van der Waals surface area (Å²) in [6.07, 6.45) is 0.760. The van der Waals surface area contributed by atoms with E-state index in [1.54, 1.807) is 23.1 Å². The van der Waals surface area contributed by atoms with Gasteiger partial charge in [0.1, 0.15) is 0 Å². The molecule has 0 aromatic heterocycles. The number of carbonyl (C=O) groups is 2. The topological polar surface area (TPSA) is 55.8 Å². The Bertz CT molecular complexity index is 1000. The number of hydrogen-bond acceptors (Lipinski definition) is 4. The Morgan fingerprint density at radius 3 is 2.10 bits per heavy atom. The van der Waals surface area contributed by atoms with Crippen molar-refractivity contribution in [3.05, 3.63) is 95.6 Å². The molecule has 3 rings (SSSR count). The first-order valence-corrected chi connectivity index (χ1v) is 10.2. The fourth-order valence-corrected chi connectivity index (χ4v) is 3.24. The number of benzene rings is 3. The molecule has 0 fully saturated rings. The third-order valence-electron chi connectivity index (χ3n) is 5.00. The minimum Gasteiger partial charge on any atom is -0.493 e. The van der Waals surface area contributed by atoms with Crippen LogP contribution in [0.2, 0.25) is 0 Å². The van der Waals surface area contributed by atoms with Crippen molar-refractivity contribution in [2.24, 2.45) is 0 Å². The van der Waals surface area contributed by atoms with Crippen LogP contribution >= 0.6 is 0 Å². The maximum Gasteiger partial charge on any atom is 0.260 e. The Balaban J connectivity index is 1.69. The Labute approximate surface area is 183 Å². The molecule has 31 heavy (non-hydrogen) atoms. The molecule has 0 radical (unpaired) electrons. The number of methoxy groups -OCH3 is 1. The van der Waals surface area contributed by atoms with Gasteiger partial charge in [0.25, 0.3) is 5.91 Å². The second-order valence-electron chi connectivity index (χ2n) is 7.25. The molecule has 0 spiro atoms. The lowest BCUT2D eigenvalue weighted by atomic mass is 10.1. The number of carbonyl (C=O) groups excluding carboxylic acids is 2. The zero-order valence-corrected chi connectivity index (χ0v) is 17.9. The van der Waals surface area contributed by atoms with Crippen molar-refractivity contribution >= 4 is 11.7 Å². The highest BCUT2D eigenvalue weighted by Crippen LogP contribution is 2.28. The van der Waals surface area contributed by atoms with Crippen LogP contribution in [0.1, 0.15) is 28.4 Å². The predicted molar refractivity (Wildman–Crippen MR) is 120 cm³/mol. The molecule has 0 aliphatic carbocycles. The first kappa shape index (κ1) is 22.1.